The van der Waals surface area contributed by atoms with Crippen LogP contribution in [-0.4, -0.2) is 24.5 Å². The molecule has 0 fully saturated rings. The van der Waals surface area contributed by atoms with Crippen LogP contribution in [0, 0.1) is 0 Å². The lowest BCUT2D eigenvalue weighted by atomic mass is 10.0. The first-order chi connectivity index (χ1) is 16.0. The molecule has 5 nitrogen and oxygen atoms in total. The van der Waals surface area contributed by atoms with Gasteiger partial charge in [-0.15, -0.1) is 21.8 Å². The highest BCUT2D eigenvalue weighted by atomic mass is 35.5. The number of benzene rings is 1. The third-order valence-corrected chi connectivity index (χ3v) is 8.42. The first-order valence-corrected chi connectivity index (χ1v) is 15.4. The van der Waals surface area contributed by atoms with E-state index >= 15 is 0 Å². The van der Waals surface area contributed by atoms with E-state index in [-0.39, 0.29) is 4.90 Å². The van der Waals surface area contributed by atoms with Crippen molar-refractivity contribution in [1.82, 2.24) is 10.2 Å². The van der Waals surface area contributed by atoms with Crippen molar-refractivity contribution in [3.8, 4) is 0 Å². The highest BCUT2D eigenvalue weighted by Crippen LogP contribution is 2.22. The molecule has 8 heteroatoms. The summed E-state index contributed by atoms with van der Waals surface area (Å²) in [7, 11) is -3.65. The zero-order valence-corrected chi connectivity index (χ0v) is 22.4. The molecule has 1 aromatic carbocycles. The number of hydrogen-bond acceptors (Lipinski definition) is 5. The summed E-state index contributed by atoms with van der Waals surface area (Å²) in [6, 6.07) is 7.21. The molecule has 0 unspecified atom stereocenters. The fourth-order valence-corrected chi connectivity index (χ4v) is 5.97. The number of alkyl halides is 1. The predicted molar refractivity (Wildman–Crippen MR) is 141 cm³/mol. The number of rotatable bonds is 19. The zero-order chi connectivity index (χ0) is 23.8. The van der Waals surface area contributed by atoms with Crippen molar-refractivity contribution in [1.29, 1.82) is 0 Å². The number of sulfonamides is 1. The Bertz CT molecular complexity index is 870. The normalized spacial score (nSPS) is 11.7. The van der Waals surface area contributed by atoms with Gasteiger partial charge in [-0.05, 0) is 43.4 Å². The summed E-state index contributed by atoms with van der Waals surface area (Å²) in [5, 5.41) is 9.23. The number of nitrogens with one attached hydrogen (secondary N) is 1. The van der Waals surface area contributed by atoms with E-state index in [1.807, 2.05) is 12.1 Å². The van der Waals surface area contributed by atoms with Gasteiger partial charge in [0.05, 0.1) is 4.90 Å². The summed E-state index contributed by atoms with van der Waals surface area (Å²) < 4.78 is 27.9. The van der Waals surface area contributed by atoms with Gasteiger partial charge in [0.1, 0.15) is 5.01 Å². The molecule has 2 rings (SSSR count). The minimum Gasteiger partial charge on any atom is -0.253 e. The standard InChI is InChI=1S/C25H40ClN3O2S2/c1-2-3-4-5-6-7-8-9-10-12-15-22-17-19-23(20-18-22)33(30,31)29-25-28-27-24(32-25)16-13-11-14-21-26/h17-20H,2-16,21H2,1H3,(H,28,29). The Balaban J connectivity index is 1.68. The summed E-state index contributed by atoms with van der Waals surface area (Å²) in [6.45, 7) is 2.26. The van der Waals surface area contributed by atoms with Gasteiger partial charge in [0.15, 0.2) is 0 Å². The molecule has 0 aliphatic rings. The Hall–Kier alpha value is -1.18. The molecule has 0 saturated heterocycles. The topological polar surface area (TPSA) is 72.0 Å². The average Bonchev–Trinajstić information content (AvgIpc) is 3.24. The fourth-order valence-electron chi connectivity index (χ4n) is 3.77. The Labute approximate surface area is 209 Å². The number of hydrogen-bond donors (Lipinski definition) is 1. The van der Waals surface area contributed by atoms with Gasteiger partial charge in [-0.1, -0.05) is 94.6 Å². The van der Waals surface area contributed by atoms with Crippen LogP contribution in [0.1, 0.15) is 101 Å². The first kappa shape index (κ1) is 28.1. The van der Waals surface area contributed by atoms with E-state index in [0.717, 1.165) is 43.5 Å². The molecule has 0 aliphatic heterocycles. The van der Waals surface area contributed by atoms with Crippen molar-refractivity contribution in [2.24, 2.45) is 0 Å². The van der Waals surface area contributed by atoms with Crippen LogP contribution in [0.3, 0.4) is 0 Å². The molecule has 0 spiro atoms. The fraction of sp³-hybridized carbons (Fsp3) is 0.680. The Kier molecular flexibility index (Phi) is 14.0. The third kappa shape index (κ3) is 11.7. The summed E-state index contributed by atoms with van der Waals surface area (Å²) in [4.78, 5) is 0.258. The Morgan fingerprint density at radius 2 is 1.36 bits per heavy atom. The van der Waals surface area contributed by atoms with Gasteiger partial charge in [0.25, 0.3) is 10.0 Å². The summed E-state index contributed by atoms with van der Waals surface area (Å²) in [5.41, 5.74) is 1.18. The van der Waals surface area contributed by atoms with E-state index in [0.29, 0.717) is 11.0 Å². The van der Waals surface area contributed by atoms with Crippen LogP contribution in [0.25, 0.3) is 0 Å². The molecule has 0 amide bonds. The first-order valence-electron chi connectivity index (χ1n) is 12.5. The number of aryl methyl sites for hydroxylation is 2. The van der Waals surface area contributed by atoms with E-state index < -0.39 is 10.0 Å². The van der Waals surface area contributed by atoms with Gasteiger partial charge in [0.2, 0.25) is 5.13 Å². The molecule has 0 aliphatic carbocycles. The monoisotopic (exact) mass is 513 g/mol. The van der Waals surface area contributed by atoms with Crippen molar-refractivity contribution in [3.05, 3.63) is 34.8 Å². The van der Waals surface area contributed by atoms with Crippen LogP contribution in [0.5, 0.6) is 0 Å². The molecule has 1 N–H and O–H groups in total. The third-order valence-electron chi connectivity index (χ3n) is 5.77. The summed E-state index contributed by atoms with van der Waals surface area (Å²) in [5.74, 6) is 0.666. The molecule has 0 radical (unpaired) electrons. The largest absolute Gasteiger partial charge is 0.263 e. The lowest BCUT2D eigenvalue weighted by molar-refractivity contribution is 0.556. The maximum atomic E-state index is 12.7. The molecule has 1 aromatic heterocycles. The number of aromatic nitrogens is 2. The quantitative estimate of drug-likeness (QED) is 0.154. The van der Waals surface area contributed by atoms with E-state index in [2.05, 4.69) is 21.8 Å². The second-order valence-corrected chi connectivity index (χ2v) is 11.8. The van der Waals surface area contributed by atoms with Crippen LogP contribution < -0.4 is 4.72 Å². The lowest BCUT2D eigenvalue weighted by Crippen LogP contribution is -2.12. The molecule has 0 saturated carbocycles. The van der Waals surface area contributed by atoms with Crippen LogP contribution >= 0.6 is 22.9 Å². The second-order valence-electron chi connectivity index (χ2n) is 8.68. The average molecular weight is 514 g/mol. The molecule has 1 heterocycles. The van der Waals surface area contributed by atoms with Crippen LogP contribution in [0.2, 0.25) is 0 Å². The van der Waals surface area contributed by atoms with Gasteiger partial charge < -0.3 is 0 Å². The van der Waals surface area contributed by atoms with Gasteiger partial charge >= 0.3 is 0 Å². The van der Waals surface area contributed by atoms with Gasteiger partial charge in [0, 0.05) is 12.3 Å². The highest BCUT2D eigenvalue weighted by Gasteiger charge is 2.17. The molecule has 33 heavy (non-hydrogen) atoms. The minimum atomic E-state index is -3.65. The number of anilines is 1. The summed E-state index contributed by atoms with van der Waals surface area (Å²) >= 11 is 6.98. The van der Waals surface area contributed by atoms with Crippen molar-refractivity contribution in [3.63, 3.8) is 0 Å². The zero-order valence-electron chi connectivity index (χ0n) is 20.0. The number of nitrogens with zero attached hydrogens (tertiary/aromatic N) is 2. The van der Waals surface area contributed by atoms with Crippen molar-refractivity contribution >= 4 is 38.1 Å². The Morgan fingerprint density at radius 1 is 0.788 bits per heavy atom. The molecule has 2 aromatic rings. The van der Waals surface area contributed by atoms with Gasteiger partial charge in [-0.2, -0.15) is 0 Å². The van der Waals surface area contributed by atoms with Crippen molar-refractivity contribution in [2.45, 2.75) is 108 Å². The molecule has 0 atom stereocenters. The van der Waals surface area contributed by atoms with Crippen molar-refractivity contribution < 1.29 is 8.42 Å². The van der Waals surface area contributed by atoms with E-state index in [4.69, 9.17) is 11.6 Å². The number of unbranched alkanes of at least 4 members (excludes halogenated alkanes) is 11. The van der Waals surface area contributed by atoms with Gasteiger partial charge in [-0.3, -0.25) is 4.72 Å². The van der Waals surface area contributed by atoms with E-state index in [1.165, 1.54) is 74.7 Å². The smallest absolute Gasteiger partial charge is 0.253 e. The second kappa shape index (κ2) is 16.4. The SMILES string of the molecule is CCCCCCCCCCCCc1ccc(S(=O)(=O)Nc2nnc(CCCCCCl)s2)cc1. The molecule has 0 bridgehead atoms. The van der Waals surface area contributed by atoms with Crippen LogP contribution in [0.15, 0.2) is 29.2 Å². The maximum absolute atomic E-state index is 12.7. The van der Waals surface area contributed by atoms with E-state index in [1.54, 1.807) is 12.1 Å². The van der Waals surface area contributed by atoms with E-state index in [9.17, 15) is 8.42 Å². The van der Waals surface area contributed by atoms with Gasteiger partial charge in [-0.25, -0.2) is 8.42 Å². The van der Waals surface area contributed by atoms with Crippen molar-refractivity contribution in [2.75, 3.05) is 10.6 Å². The predicted octanol–water partition coefficient (Wildman–Crippen LogP) is 7.75. The highest BCUT2D eigenvalue weighted by molar-refractivity contribution is 7.93. The van der Waals surface area contributed by atoms with Crippen LogP contribution in [0.4, 0.5) is 5.13 Å². The number of halogens is 1. The molecule has 186 valence electrons. The Morgan fingerprint density at radius 3 is 2.00 bits per heavy atom. The molecular formula is C25H40ClN3O2S2. The summed E-state index contributed by atoms with van der Waals surface area (Å²) in [6.07, 6.45) is 18.0. The minimum absolute atomic E-state index is 0.258. The lowest BCUT2D eigenvalue weighted by Gasteiger charge is -2.07. The molecular weight excluding hydrogens is 474 g/mol. The maximum Gasteiger partial charge on any atom is 0.263 e. The van der Waals surface area contributed by atoms with Crippen LogP contribution in [-0.2, 0) is 22.9 Å².